The van der Waals surface area contributed by atoms with E-state index in [4.69, 9.17) is 44.3 Å². The molecule has 312 valence electrons. The SMILES string of the molecule is C=CC(=O)OCCOC(=O)Nc1ccc(OP(=S)(Oc2ccc(NC(=O)OCCOC(=O)C=C)cc2)Oc2ccc(NC(=O)OC(C(F)(F)F)C(F)(F)F)cc2)cc1. The second-order valence-electron chi connectivity index (χ2n) is 10.6. The molecule has 0 aliphatic heterocycles. The first-order valence-electron chi connectivity index (χ1n) is 15.8. The second kappa shape index (κ2) is 21.2. The quantitative estimate of drug-likeness (QED) is 0.0278. The van der Waals surface area contributed by atoms with Gasteiger partial charge in [-0.2, -0.15) is 26.3 Å². The van der Waals surface area contributed by atoms with E-state index >= 15 is 0 Å². The zero-order chi connectivity index (χ0) is 42.9. The van der Waals surface area contributed by atoms with Crippen LogP contribution in [-0.4, -0.2) is 75.1 Å². The van der Waals surface area contributed by atoms with E-state index in [-0.39, 0.29) is 60.7 Å². The Morgan fingerprint density at radius 3 is 1.14 bits per heavy atom. The van der Waals surface area contributed by atoms with Gasteiger partial charge in [0, 0.05) is 41.0 Å². The number of carbonyl (C=O) groups is 5. The van der Waals surface area contributed by atoms with E-state index in [1.54, 1.807) is 5.32 Å². The van der Waals surface area contributed by atoms with Crippen LogP contribution in [-0.2, 0) is 45.1 Å². The van der Waals surface area contributed by atoms with Crippen molar-refractivity contribution in [2.24, 2.45) is 0 Å². The average molecular weight is 866 g/mol. The number of esters is 2. The summed E-state index contributed by atoms with van der Waals surface area (Å²) < 4.78 is 117. The van der Waals surface area contributed by atoms with Gasteiger partial charge in [0.1, 0.15) is 43.7 Å². The van der Waals surface area contributed by atoms with E-state index < -0.39 is 55.4 Å². The first kappa shape index (κ1) is 45.9. The number of hydrogen-bond acceptors (Lipinski definition) is 14. The minimum Gasteiger partial charge on any atom is -0.459 e. The van der Waals surface area contributed by atoms with Crippen molar-refractivity contribution in [1.82, 2.24) is 0 Å². The molecule has 16 nitrogen and oxygen atoms in total. The Morgan fingerprint density at radius 2 is 0.845 bits per heavy atom. The van der Waals surface area contributed by atoms with Crippen molar-refractivity contribution in [1.29, 1.82) is 0 Å². The van der Waals surface area contributed by atoms with Gasteiger partial charge in [0.2, 0.25) is 0 Å². The molecule has 3 aromatic rings. The van der Waals surface area contributed by atoms with Gasteiger partial charge in [-0.1, -0.05) is 13.2 Å². The third kappa shape index (κ3) is 16.3. The van der Waals surface area contributed by atoms with Crippen molar-refractivity contribution in [2.75, 3.05) is 42.4 Å². The maximum atomic E-state index is 12.8. The third-order valence-corrected chi connectivity index (χ3v) is 8.20. The van der Waals surface area contributed by atoms with Crippen molar-refractivity contribution >= 4 is 65.8 Å². The largest absolute Gasteiger partial charge is 0.490 e. The zero-order valence-corrected chi connectivity index (χ0v) is 31.0. The van der Waals surface area contributed by atoms with Crippen LogP contribution in [0.25, 0.3) is 0 Å². The van der Waals surface area contributed by atoms with Crippen molar-refractivity contribution in [3.8, 4) is 17.2 Å². The van der Waals surface area contributed by atoms with Crippen molar-refractivity contribution in [3.05, 3.63) is 98.1 Å². The first-order valence-corrected chi connectivity index (χ1v) is 18.4. The third-order valence-electron chi connectivity index (χ3n) is 6.23. The van der Waals surface area contributed by atoms with E-state index in [1.807, 2.05) is 0 Å². The van der Waals surface area contributed by atoms with Gasteiger partial charge in [0.05, 0.1) is 0 Å². The molecule has 0 bridgehead atoms. The predicted octanol–water partition coefficient (Wildman–Crippen LogP) is 8.05. The van der Waals surface area contributed by atoms with Crippen LogP contribution in [0.1, 0.15) is 0 Å². The van der Waals surface area contributed by atoms with Gasteiger partial charge in [-0.3, -0.25) is 16.0 Å². The van der Waals surface area contributed by atoms with Crippen LogP contribution < -0.4 is 29.5 Å². The van der Waals surface area contributed by atoms with Crippen LogP contribution in [0.15, 0.2) is 98.1 Å². The summed E-state index contributed by atoms with van der Waals surface area (Å²) in [6, 6.07) is 15.3. The van der Waals surface area contributed by atoms with Crippen LogP contribution in [0, 0.1) is 0 Å². The molecule has 24 heteroatoms. The minimum atomic E-state index is -5.93. The Kier molecular flexibility index (Phi) is 16.7. The van der Waals surface area contributed by atoms with Crippen LogP contribution in [0.5, 0.6) is 17.2 Å². The Bertz CT molecular complexity index is 1860. The molecule has 3 amide bonds. The van der Waals surface area contributed by atoms with Gasteiger partial charge in [-0.05, 0) is 72.8 Å². The van der Waals surface area contributed by atoms with Gasteiger partial charge in [-0.25, -0.2) is 24.0 Å². The molecular weight excluding hydrogens is 835 g/mol. The number of nitrogens with one attached hydrogen (secondary N) is 3. The number of benzene rings is 3. The first-order chi connectivity index (χ1) is 27.3. The lowest BCUT2D eigenvalue weighted by atomic mass is 10.3. The number of rotatable bonds is 18. The molecule has 0 aromatic heterocycles. The van der Waals surface area contributed by atoms with Crippen molar-refractivity contribution in [3.63, 3.8) is 0 Å². The van der Waals surface area contributed by atoms with Gasteiger partial charge in [0.25, 0.3) is 6.10 Å². The van der Waals surface area contributed by atoms with Crippen LogP contribution in [0.4, 0.5) is 57.8 Å². The lowest BCUT2D eigenvalue weighted by Gasteiger charge is -2.24. The summed E-state index contributed by atoms with van der Waals surface area (Å²) in [5.41, 5.74) is 0.163. The fourth-order valence-electron chi connectivity index (χ4n) is 3.79. The number of halogens is 6. The fraction of sp³-hybridized carbons (Fsp3) is 0.206. The molecule has 3 N–H and O–H groups in total. The number of amides is 3. The molecule has 0 aliphatic carbocycles. The number of carbonyl (C=O) groups excluding carboxylic acids is 5. The molecule has 0 atom stereocenters. The monoisotopic (exact) mass is 865 g/mol. The van der Waals surface area contributed by atoms with E-state index in [1.165, 1.54) is 48.5 Å². The van der Waals surface area contributed by atoms with Crippen LogP contribution in [0.3, 0.4) is 0 Å². The summed E-state index contributed by atoms with van der Waals surface area (Å²) in [4.78, 5) is 58.2. The lowest BCUT2D eigenvalue weighted by molar-refractivity contribution is -0.306. The van der Waals surface area contributed by atoms with Crippen molar-refractivity contribution < 1.29 is 87.6 Å². The number of alkyl halides is 6. The highest BCUT2D eigenvalue weighted by molar-refractivity contribution is 8.08. The lowest BCUT2D eigenvalue weighted by Crippen LogP contribution is -2.46. The Labute approximate surface area is 329 Å². The molecule has 0 saturated carbocycles. The normalized spacial score (nSPS) is 11.2. The summed E-state index contributed by atoms with van der Waals surface area (Å²) >= 11 is 5.62. The highest BCUT2D eigenvalue weighted by atomic mass is 32.5. The maximum absolute atomic E-state index is 12.8. The van der Waals surface area contributed by atoms with Gasteiger partial charge in [-0.15, -0.1) is 0 Å². The molecule has 0 radical (unpaired) electrons. The van der Waals surface area contributed by atoms with Crippen LogP contribution in [0.2, 0.25) is 0 Å². The molecular formula is C34H30F6N3O13PS. The summed E-state index contributed by atoms with van der Waals surface area (Å²) in [6.45, 7) is 1.56. The Hall–Kier alpha value is -6.48. The number of ether oxygens (including phenoxy) is 5. The zero-order valence-electron chi connectivity index (χ0n) is 29.3. The number of hydrogen-bond donors (Lipinski definition) is 3. The number of anilines is 3. The summed E-state index contributed by atoms with van der Waals surface area (Å²) in [7, 11) is 0. The molecule has 58 heavy (non-hydrogen) atoms. The highest BCUT2D eigenvalue weighted by Crippen LogP contribution is 2.50. The van der Waals surface area contributed by atoms with Gasteiger partial charge in [0.15, 0.2) is 0 Å². The standard InChI is InChI=1S/C34H30F6N3O13PS/c1-3-27(44)49-17-19-51-30(46)41-21-5-11-24(12-6-21)54-57(58,55-25-13-7-22(8-14-25)42-31(47)52-20-18-50-28(45)4-2)56-26-15-9-23(10-16-26)43-32(48)53-29(33(35,36)37)34(38,39)40/h3-16,29H,1-2,17-20H2,(H,41,46)(H,42,47)(H,43,48). The molecule has 0 fully saturated rings. The molecule has 0 heterocycles. The maximum Gasteiger partial charge on any atom is 0.490 e. The molecule has 0 aliphatic rings. The average Bonchev–Trinajstić information content (AvgIpc) is 3.15. The molecule has 3 aromatic carbocycles. The van der Waals surface area contributed by atoms with E-state index in [0.717, 1.165) is 36.4 Å². The molecule has 0 saturated heterocycles. The molecule has 0 spiro atoms. The summed E-state index contributed by atoms with van der Waals surface area (Å²) in [6.07, 6.45) is -18.2. The minimum absolute atomic E-state index is 0.0447. The Balaban J connectivity index is 1.73. The van der Waals surface area contributed by atoms with Crippen molar-refractivity contribution in [2.45, 2.75) is 18.5 Å². The fourth-order valence-corrected chi connectivity index (χ4v) is 5.82. The summed E-state index contributed by atoms with van der Waals surface area (Å²) in [5, 5.41) is 6.60. The van der Waals surface area contributed by atoms with E-state index in [0.29, 0.717) is 0 Å². The van der Waals surface area contributed by atoms with Gasteiger partial charge >= 0.3 is 49.3 Å². The molecule has 3 rings (SSSR count). The second-order valence-corrected chi connectivity index (χ2v) is 13.3. The van der Waals surface area contributed by atoms with Gasteiger partial charge < -0.3 is 37.3 Å². The predicted molar refractivity (Wildman–Crippen MR) is 194 cm³/mol. The Morgan fingerprint density at radius 1 is 0.552 bits per heavy atom. The van der Waals surface area contributed by atoms with E-state index in [2.05, 4.69) is 28.5 Å². The van der Waals surface area contributed by atoms with E-state index in [9.17, 15) is 50.3 Å². The molecule has 0 unspecified atom stereocenters. The topological polar surface area (TPSA) is 195 Å². The smallest absolute Gasteiger partial charge is 0.459 e. The highest BCUT2D eigenvalue weighted by Gasteiger charge is 2.60. The van der Waals surface area contributed by atoms with Crippen LogP contribution >= 0.6 is 6.72 Å². The summed E-state index contributed by atoms with van der Waals surface area (Å²) in [5.74, 6) is -1.42.